The third-order valence-electron chi connectivity index (χ3n) is 4.30. The van der Waals surface area contributed by atoms with Crippen molar-refractivity contribution in [2.24, 2.45) is 0 Å². The summed E-state index contributed by atoms with van der Waals surface area (Å²) in [5.74, 6) is -0.206. The predicted octanol–water partition coefficient (Wildman–Crippen LogP) is 4.07. The lowest BCUT2D eigenvalue weighted by molar-refractivity contribution is -0.0597. The van der Waals surface area contributed by atoms with Crippen LogP contribution >= 0.6 is 15.9 Å². The van der Waals surface area contributed by atoms with E-state index in [1.54, 1.807) is 0 Å². The van der Waals surface area contributed by atoms with Gasteiger partial charge in [0.15, 0.2) is 0 Å². The SMILES string of the molecule is CCOC1(C(Cc2ccc(F)cc2Br)NC)CCCC1. The second-order valence-electron chi connectivity index (χ2n) is 5.49. The predicted molar refractivity (Wildman–Crippen MR) is 83.5 cm³/mol. The van der Waals surface area contributed by atoms with Crippen molar-refractivity contribution in [3.05, 3.63) is 34.1 Å². The van der Waals surface area contributed by atoms with Crippen LogP contribution in [0.5, 0.6) is 0 Å². The quantitative estimate of drug-likeness (QED) is 0.840. The molecule has 1 saturated carbocycles. The van der Waals surface area contributed by atoms with E-state index in [2.05, 4.69) is 28.2 Å². The van der Waals surface area contributed by atoms with Crippen molar-refractivity contribution in [3.63, 3.8) is 0 Å². The molecular weight excluding hydrogens is 321 g/mol. The zero-order valence-electron chi connectivity index (χ0n) is 12.2. The van der Waals surface area contributed by atoms with Gasteiger partial charge in [-0.2, -0.15) is 0 Å². The second kappa shape index (κ2) is 7.01. The molecule has 1 atom stereocenters. The van der Waals surface area contributed by atoms with E-state index in [1.807, 2.05) is 13.1 Å². The Bertz CT molecular complexity index is 446. The molecule has 0 radical (unpaired) electrons. The summed E-state index contributed by atoms with van der Waals surface area (Å²) in [6.07, 6.45) is 5.50. The molecule has 1 aliphatic carbocycles. The molecular formula is C16H23BrFNO. The molecule has 0 amide bonds. The summed E-state index contributed by atoms with van der Waals surface area (Å²) in [6.45, 7) is 2.80. The van der Waals surface area contributed by atoms with E-state index >= 15 is 0 Å². The molecule has 2 rings (SSSR count). The monoisotopic (exact) mass is 343 g/mol. The Morgan fingerprint density at radius 3 is 2.65 bits per heavy atom. The Labute approximate surface area is 129 Å². The van der Waals surface area contributed by atoms with Crippen molar-refractivity contribution in [3.8, 4) is 0 Å². The highest BCUT2D eigenvalue weighted by Crippen LogP contribution is 2.38. The highest BCUT2D eigenvalue weighted by Gasteiger charge is 2.41. The van der Waals surface area contributed by atoms with Crippen LogP contribution in [0.15, 0.2) is 22.7 Å². The van der Waals surface area contributed by atoms with Crippen LogP contribution < -0.4 is 5.32 Å². The average Bonchev–Trinajstić information content (AvgIpc) is 2.88. The number of rotatable bonds is 6. The summed E-state index contributed by atoms with van der Waals surface area (Å²) in [5, 5.41) is 3.42. The van der Waals surface area contributed by atoms with Crippen molar-refractivity contribution in [1.29, 1.82) is 0 Å². The molecule has 0 heterocycles. The van der Waals surface area contributed by atoms with Gasteiger partial charge in [0.25, 0.3) is 0 Å². The Hall–Kier alpha value is -0.450. The fraction of sp³-hybridized carbons (Fsp3) is 0.625. The molecule has 1 aromatic rings. The lowest BCUT2D eigenvalue weighted by Gasteiger charge is -2.37. The van der Waals surface area contributed by atoms with E-state index in [4.69, 9.17) is 4.74 Å². The van der Waals surface area contributed by atoms with E-state index in [-0.39, 0.29) is 17.5 Å². The summed E-state index contributed by atoms with van der Waals surface area (Å²) < 4.78 is 20.2. The third-order valence-corrected chi connectivity index (χ3v) is 5.04. The van der Waals surface area contributed by atoms with E-state index in [1.165, 1.54) is 25.0 Å². The first-order valence-corrected chi connectivity index (χ1v) is 8.16. The van der Waals surface area contributed by atoms with Crippen molar-refractivity contribution in [1.82, 2.24) is 5.32 Å². The molecule has 4 heteroatoms. The van der Waals surface area contributed by atoms with E-state index < -0.39 is 0 Å². The largest absolute Gasteiger partial charge is 0.374 e. The van der Waals surface area contributed by atoms with Crippen LogP contribution in [-0.2, 0) is 11.2 Å². The standard InChI is InChI=1S/C16H23BrFNO/c1-3-20-16(8-4-5-9-16)15(19-2)10-12-6-7-13(18)11-14(12)17/h6-7,11,15,19H,3-5,8-10H2,1-2H3. The van der Waals surface area contributed by atoms with Crippen LogP contribution in [0.3, 0.4) is 0 Å². The lowest BCUT2D eigenvalue weighted by atomic mass is 9.87. The molecule has 0 spiro atoms. The van der Waals surface area contributed by atoms with Crippen LogP contribution in [0.25, 0.3) is 0 Å². The van der Waals surface area contributed by atoms with Gasteiger partial charge in [-0.05, 0) is 50.9 Å². The number of benzene rings is 1. The molecule has 2 nitrogen and oxygen atoms in total. The lowest BCUT2D eigenvalue weighted by Crippen LogP contribution is -2.51. The van der Waals surface area contributed by atoms with E-state index in [0.717, 1.165) is 35.9 Å². The van der Waals surface area contributed by atoms with Crippen molar-refractivity contribution < 1.29 is 9.13 Å². The Kier molecular flexibility index (Phi) is 5.58. The maximum atomic E-state index is 13.2. The molecule has 0 aromatic heterocycles. The minimum atomic E-state index is -0.206. The van der Waals surface area contributed by atoms with Crippen molar-refractivity contribution in [2.45, 2.75) is 50.7 Å². The second-order valence-corrected chi connectivity index (χ2v) is 6.34. The number of ether oxygens (including phenoxy) is 1. The van der Waals surface area contributed by atoms with Crippen LogP contribution in [0.1, 0.15) is 38.2 Å². The zero-order chi connectivity index (χ0) is 14.6. The first-order valence-electron chi connectivity index (χ1n) is 7.36. The molecule has 1 aromatic carbocycles. The molecule has 112 valence electrons. The van der Waals surface area contributed by atoms with Crippen LogP contribution in [0.2, 0.25) is 0 Å². The maximum absolute atomic E-state index is 13.2. The van der Waals surface area contributed by atoms with Gasteiger partial charge in [0.2, 0.25) is 0 Å². The van der Waals surface area contributed by atoms with Crippen LogP contribution in [-0.4, -0.2) is 25.3 Å². The highest BCUT2D eigenvalue weighted by molar-refractivity contribution is 9.10. The summed E-state index contributed by atoms with van der Waals surface area (Å²) in [4.78, 5) is 0. The molecule has 0 saturated heterocycles. The Morgan fingerprint density at radius 2 is 2.10 bits per heavy atom. The highest BCUT2D eigenvalue weighted by atomic mass is 79.9. The summed E-state index contributed by atoms with van der Waals surface area (Å²) in [7, 11) is 1.99. The van der Waals surface area contributed by atoms with Crippen molar-refractivity contribution in [2.75, 3.05) is 13.7 Å². The van der Waals surface area contributed by atoms with Gasteiger partial charge < -0.3 is 10.1 Å². The normalized spacial score (nSPS) is 19.2. The number of hydrogen-bond acceptors (Lipinski definition) is 2. The van der Waals surface area contributed by atoms with Gasteiger partial charge in [-0.15, -0.1) is 0 Å². The minimum Gasteiger partial charge on any atom is -0.374 e. The summed E-state index contributed by atoms with van der Waals surface area (Å²) >= 11 is 3.46. The van der Waals surface area contributed by atoms with Crippen molar-refractivity contribution >= 4 is 15.9 Å². The number of nitrogens with one attached hydrogen (secondary N) is 1. The van der Waals surface area contributed by atoms with Gasteiger partial charge in [-0.3, -0.25) is 0 Å². The summed E-state index contributed by atoms with van der Waals surface area (Å²) in [6, 6.07) is 5.17. The molecule has 1 fully saturated rings. The van der Waals surface area contributed by atoms with Gasteiger partial charge in [0.05, 0.1) is 5.60 Å². The first-order chi connectivity index (χ1) is 9.61. The van der Waals surface area contributed by atoms with Gasteiger partial charge in [-0.25, -0.2) is 4.39 Å². The minimum absolute atomic E-state index is 0.0721. The molecule has 1 N–H and O–H groups in total. The molecule has 1 aliphatic rings. The van der Waals surface area contributed by atoms with Gasteiger partial charge >= 0.3 is 0 Å². The van der Waals surface area contributed by atoms with Crippen LogP contribution in [0.4, 0.5) is 4.39 Å². The Balaban J connectivity index is 2.18. The van der Waals surface area contributed by atoms with E-state index in [0.29, 0.717) is 0 Å². The number of likely N-dealkylation sites (N-methyl/N-ethyl adjacent to an activating group) is 1. The maximum Gasteiger partial charge on any atom is 0.124 e. The topological polar surface area (TPSA) is 21.3 Å². The van der Waals surface area contributed by atoms with Gasteiger partial charge in [-0.1, -0.05) is 34.8 Å². The fourth-order valence-electron chi connectivity index (χ4n) is 3.31. The smallest absolute Gasteiger partial charge is 0.124 e. The van der Waals surface area contributed by atoms with E-state index in [9.17, 15) is 4.39 Å². The van der Waals surface area contributed by atoms with Gasteiger partial charge in [0, 0.05) is 17.1 Å². The third kappa shape index (κ3) is 3.41. The molecule has 20 heavy (non-hydrogen) atoms. The van der Waals surface area contributed by atoms with Crippen LogP contribution in [0, 0.1) is 5.82 Å². The first kappa shape index (κ1) is 15.9. The number of halogens is 2. The Morgan fingerprint density at radius 1 is 1.40 bits per heavy atom. The van der Waals surface area contributed by atoms with Gasteiger partial charge in [0.1, 0.15) is 5.82 Å². The fourth-order valence-corrected chi connectivity index (χ4v) is 3.83. The molecule has 1 unspecified atom stereocenters. The average molecular weight is 344 g/mol. The summed E-state index contributed by atoms with van der Waals surface area (Å²) in [5.41, 5.74) is 1.05. The number of hydrogen-bond donors (Lipinski definition) is 1. The molecule has 0 aliphatic heterocycles. The zero-order valence-corrected chi connectivity index (χ0v) is 13.8. The molecule has 0 bridgehead atoms.